The van der Waals surface area contributed by atoms with Crippen LogP contribution in [0.5, 0.6) is 0 Å². The highest BCUT2D eigenvalue weighted by Crippen LogP contribution is 2.11. The summed E-state index contributed by atoms with van der Waals surface area (Å²) in [5.41, 5.74) is 1.52. The molecule has 0 aromatic rings. The molecule has 0 aliphatic rings. The standard InChI is InChI=1S/C10H21N/c1-8(2)6-10(7-11-5)9(3)4/h6,8-9,11H,7H2,1-5H3/b10-6+. The molecule has 0 unspecified atom stereocenters. The van der Waals surface area contributed by atoms with Crippen LogP contribution in [0.25, 0.3) is 0 Å². The zero-order chi connectivity index (χ0) is 8.85. The summed E-state index contributed by atoms with van der Waals surface area (Å²) in [5, 5.41) is 3.19. The van der Waals surface area contributed by atoms with Gasteiger partial charge in [-0.05, 0) is 18.9 Å². The molecule has 0 aromatic carbocycles. The molecule has 0 rings (SSSR count). The second kappa shape index (κ2) is 5.36. The maximum absolute atomic E-state index is 3.19. The molecule has 0 aliphatic heterocycles. The molecule has 0 spiro atoms. The van der Waals surface area contributed by atoms with Gasteiger partial charge in [0, 0.05) is 6.54 Å². The van der Waals surface area contributed by atoms with E-state index >= 15 is 0 Å². The molecule has 0 amide bonds. The Morgan fingerprint density at radius 3 is 2.09 bits per heavy atom. The molecule has 0 radical (unpaired) electrons. The Balaban J connectivity index is 4.08. The van der Waals surface area contributed by atoms with Crippen LogP contribution >= 0.6 is 0 Å². The second-order valence-electron chi connectivity index (χ2n) is 3.67. The lowest BCUT2D eigenvalue weighted by Crippen LogP contribution is -2.14. The highest BCUT2D eigenvalue weighted by Gasteiger charge is 2.01. The van der Waals surface area contributed by atoms with Gasteiger partial charge in [-0.1, -0.05) is 39.3 Å². The van der Waals surface area contributed by atoms with Crippen LogP contribution in [-0.4, -0.2) is 13.6 Å². The van der Waals surface area contributed by atoms with Crippen molar-refractivity contribution in [2.75, 3.05) is 13.6 Å². The SMILES string of the molecule is CNC/C(=C\C(C)C)C(C)C. The first kappa shape index (κ1) is 10.7. The molecule has 0 bridgehead atoms. The van der Waals surface area contributed by atoms with Crippen LogP contribution in [0.4, 0.5) is 0 Å². The Bertz CT molecular complexity index is 123. The van der Waals surface area contributed by atoms with Crippen molar-refractivity contribution in [1.82, 2.24) is 5.32 Å². The third-order valence-electron chi connectivity index (χ3n) is 1.67. The fraction of sp³-hybridized carbons (Fsp3) is 0.800. The van der Waals surface area contributed by atoms with Gasteiger partial charge in [0.25, 0.3) is 0 Å². The molecule has 0 aromatic heterocycles. The smallest absolute Gasteiger partial charge is 0.0164 e. The Morgan fingerprint density at radius 2 is 1.82 bits per heavy atom. The minimum absolute atomic E-state index is 0.667. The summed E-state index contributed by atoms with van der Waals surface area (Å²) in [6, 6.07) is 0. The second-order valence-corrected chi connectivity index (χ2v) is 3.67. The van der Waals surface area contributed by atoms with Gasteiger partial charge in [-0.15, -0.1) is 0 Å². The van der Waals surface area contributed by atoms with E-state index in [0.29, 0.717) is 11.8 Å². The largest absolute Gasteiger partial charge is 0.316 e. The summed E-state index contributed by atoms with van der Waals surface area (Å²) >= 11 is 0. The van der Waals surface area contributed by atoms with Crippen molar-refractivity contribution in [3.63, 3.8) is 0 Å². The summed E-state index contributed by atoms with van der Waals surface area (Å²) < 4.78 is 0. The minimum Gasteiger partial charge on any atom is -0.316 e. The predicted molar refractivity (Wildman–Crippen MR) is 51.7 cm³/mol. The molecule has 0 saturated carbocycles. The van der Waals surface area contributed by atoms with Crippen LogP contribution < -0.4 is 5.32 Å². The fourth-order valence-corrected chi connectivity index (χ4v) is 1.09. The zero-order valence-electron chi connectivity index (χ0n) is 8.44. The lowest BCUT2D eigenvalue weighted by molar-refractivity contribution is 0.681. The van der Waals surface area contributed by atoms with E-state index in [2.05, 4.69) is 39.1 Å². The Morgan fingerprint density at radius 1 is 1.27 bits per heavy atom. The first-order valence-corrected chi connectivity index (χ1v) is 4.43. The maximum atomic E-state index is 3.19. The maximum Gasteiger partial charge on any atom is 0.0164 e. The van der Waals surface area contributed by atoms with Crippen LogP contribution in [0.15, 0.2) is 11.6 Å². The van der Waals surface area contributed by atoms with Crippen LogP contribution in [0.3, 0.4) is 0 Å². The zero-order valence-corrected chi connectivity index (χ0v) is 8.44. The number of hydrogen-bond acceptors (Lipinski definition) is 1. The molecule has 1 heteroatoms. The summed E-state index contributed by atoms with van der Waals surface area (Å²) in [6.07, 6.45) is 2.35. The molecule has 0 aliphatic carbocycles. The van der Waals surface area contributed by atoms with Gasteiger partial charge in [0.15, 0.2) is 0 Å². The van der Waals surface area contributed by atoms with Crippen LogP contribution in [0.1, 0.15) is 27.7 Å². The van der Waals surface area contributed by atoms with E-state index in [9.17, 15) is 0 Å². The van der Waals surface area contributed by atoms with Crippen molar-refractivity contribution >= 4 is 0 Å². The first-order valence-electron chi connectivity index (χ1n) is 4.43. The minimum atomic E-state index is 0.667. The average molecular weight is 155 g/mol. The molecule has 0 heterocycles. The van der Waals surface area contributed by atoms with Gasteiger partial charge >= 0.3 is 0 Å². The van der Waals surface area contributed by atoms with Gasteiger partial charge in [-0.3, -0.25) is 0 Å². The van der Waals surface area contributed by atoms with E-state index in [1.54, 1.807) is 0 Å². The van der Waals surface area contributed by atoms with Gasteiger partial charge in [0.05, 0.1) is 0 Å². The molecular weight excluding hydrogens is 134 g/mol. The van der Waals surface area contributed by atoms with Crippen molar-refractivity contribution in [1.29, 1.82) is 0 Å². The quantitative estimate of drug-likeness (QED) is 0.615. The molecule has 1 nitrogen and oxygen atoms in total. The Hall–Kier alpha value is -0.300. The molecule has 11 heavy (non-hydrogen) atoms. The van der Waals surface area contributed by atoms with E-state index in [-0.39, 0.29) is 0 Å². The van der Waals surface area contributed by atoms with Crippen LogP contribution in [-0.2, 0) is 0 Å². The number of nitrogens with one attached hydrogen (secondary N) is 1. The summed E-state index contributed by atoms with van der Waals surface area (Å²) in [5.74, 6) is 1.34. The summed E-state index contributed by atoms with van der Waals surface area (Å²) in [6.45, 7) is 9.95. The highest BCUT2D eigenvalue weighted by atomic mass is 14.8. The topological polar surface area (TPSA) is 12.0 Å². The van der Waals surface area contributed by atoms with E-state index in [1.165, 1.54) is 5.57 Å². The predicted octanol–water partition coefficient (Wildman–Crippen LogP) is 2.44. The lowest BCUT2D eigenvalue weighted by Gasteiger charge is -2.12. The monoisotopic (exact) mass is 155 g/mol. The molecule has 66 valence electrons. The van der Waals surface area contributed by atoms with E-state index in [0.717, 1.165) is 6.54 Å². The summed E-state index contributed by atoms with van der Waals surface area (Å²) in [4.78, 5) is 0. The third-order valence-corrected chi connectivity index (χ3v) is 1.67. The van der Waals surface area contributed by atoms with Gasteiger partial charge < -0.3 is 5.32 Å². The van der Waals surface area contributed by atoms with Gasteiger partial charge in [-0.2, -0.15) is 0 Å². The van der Waals surface area contributed by atoms with E-state index in [4.69, 9.17) is 0 Å². The third kappa shape index (κ3) is 5.02. The molecule has 0 atom stereocenters. The van der Waals surface area contributed by atoms with Crippen molar-refractivity contribution in [3.8, 4) is 0 Å². The summed E-state index contributed by atoms with van der Waals surface area (Å²) in [7, 11) is 2.00. The van der Waals surface area contributed by atoms with E-state index in [1.807, 2.05) is 7.05 Å². The molecule has 0 saturated heterocycles. The number of hydrogen-bond donors (Lipinski definition) is 1. The lowest BCUT2D eigenvalue weighted by atomic mass is 9.99. The van der Waals surface area contributed by atoms with Gasteiger partial charge in [0.2, 0.25) is 0 Å². The first-order chi connectivity index (χ1) is 5.07. The number of rotatable bonds is 4. The van der Waals surface area contributed by atoms with Crippen molar-refractivity contribution < 1.29 is 0 Å². The Labute approximate surface area is 70.9 Å². The van der Waals surface area contributed by atoms with Crippen LogP contribution in [0.2, 0.25) is 0 Å². The molecule has 1 N–H and O–H groups in total. The van der Waals surface area contributed by atoms with Gasteiger partial charge in [0.1, 0.15) is 0 Å². The molecular formula is C10H21N. The molecule has 0 fully saturated rings. The van der Waals surface area contributed by atoms with E-state index < -0.39 is 0 Å². The number of likely N-dealkylation sites (N-methyl/N-ethyl adjacent to an activating group) is 1. The van der Waals surface area contributed by atoms with Crippen molar-refractivity contribution in [3.05, 3.63) is 11.6 Å². The normalized spacial score (nSPS) is 13.2. The van der Waals surface area contributed by atoms with Gasteiger partial charge in [-0.25, -0.2) is 0 Å². The fourth-order valence-electron chi connectivity index (χ4n) is 1.09. The Kier molecular flexibility index (Phi) is 5.22. The number of allylic oxidation sites excluding steroid dienone is 1. The van der Waals surface area contributed by atoms with Crippen molar-refractivity contribution in [2.45, 2.75) is 27.7 Å². The van der Waals surface area contributed by atoms with Crippen molar-refractivity contribution in [2.24, 2.45) is 11.8 Å². The van der Waals surface area contributed by atoms with Crippen LogP contribution in [0, 0.1) is 11.8 Å². The highest BCUT2D eigenvalue weighted by molar-refractivity contribution is 5.07. The average Bonchev–Trinajstić information content (AvgIpc) is 1.86.